The molecular formula is C33H39NO4S. The molecule has 0 radical (unpaired) electrons. The van der Waals surface area contributed by atoms with Crippen molar-refractivity contribution in [2.45, 2.75) is 59.3 Å². The lowest BCUT2D eigenvalue weighted by molar-refractivity contribution is 0.381. The first-order valence-electron chi connectivity index (χ1n) is 13.2. The van der Waals surface area contributed by atoms with E-state index in [1.807, 2.05) is 0 Å². The highest BCUT2D eigenvalue weighted by molar-refractivity contribution is 7.79. The number of hydrogen-bond acceptors (Lipinski definition) is 3. The lowest BCUT2D eigenvalue weighted by Crippen LogP contribution is -2.07. The van der Waals surface area contributed by atoms with Gasteiger partial charge in [0.1, 0.15) is 0 Å². The summed E-state index contributed by atoms with van der Waals surface area (Å²) in [6, 6.07) is 32.9. The molecule has 0 saturated carbocycles. The van der Waals surface area contributed by atoms with E-state index < -0.39 is 10.4 Å². The fourth-order valence-corrected chi connectivity index (χ4v) is 4.63. The van der Waals surface area contributed by atoms with Crippen LogP contribution >= 0.6 is 0 Å². The van der Waals surface area contributed by atoms with E-state index in [1.54, 1.807) is 0 Å². The number of nitrogens with one attached hydrogen (secondary N) is 1. The van der Waals surface area contributed by atoms with Gasteiger partial charge in [0.25, 0.3) is 0 Å². The summed E-state index contributed by atoms with van der Waals surface area (Å²) in [5.74, 6) is 1.34. The smallest absolute Gasteiger partial charge is 0.354 e. The van der Waals surface area contributed by atoms with Crippen LogP contribution in [0.1, 0.15) is 76.0 Å². The van der Waals surface area contributed by atoms with E-state index in [1.165, 1.54) is 50.3 Å². The highest BCUT2D eigenvalue weighted by Gasteiger charge is 2.20. The van der Waals surface area contributed by atoms with Gasteiger partial charge in [0, 0.05) is 16.8 Å². The van der Waals surface area contributed by atoms with Crippen LogP contribution in [-0.4, -0.2) is 17.5 Å². The number of hydrogen-bond donors (Lipinski definition) is 3. The van der Waals surface area contributed by atoms with Crippen LogP contribution in [0.3, 0.4) is 0 Å². The number of benzene rings is 4. The molecular weight excluding hydrogens is 506 g/mol. The maximum Gasteiger partial charge on any atom is 0.394 e. The van der Waals surface area contributed by atoms with E-state index in [2.05, 4.69) is 138 Å². The standard InChI is InChI=1S/C33H37N.H2O4S/c1-22(2)27-20-30(23(3)4)33(31(21-27)24(5)6)34-32-28(25-14-9-7-10-15-25)18-13-19-29(32)26-16-11-8-12-17-26;1-5(2,3)4/h7-24,34H,1-6H3;(H2,1,2,3,4). The summed E-state index contributed by atoms with van der Waals surface area (Å²) in [7, 11) is -4.67. The minimum absolute atomic E-state index is 0.419. The van der Waals surface area contributed by atoms with Crippen molar-refractivity contribution in [3.63, 3.8) is 0 Å². The molecule has 5 nitrogen and oxygen atoms in total. The zero-order chi connectivity index (χ0) is 28.7. The van der Waals surface area contributed by atoms with Crippen LogP contribution in [0, 0.1) is 0 Å². The summed E-state index contributed by atoms with van der Waals surface area (Å²) in [6.07, 6.45) is 0. The van der Waals surface area contributed by atoms with Crippen molar-refractivity contribution < 1.29 is 17.5 Å². The van der Waals surface area contributed by atoms with Gasteiger partial charge in [-0.1, -0.05) is 133 Å². The first-order chi connectivity index (χ1) is 18.4. The lowest BCUT2D eigenvalue weighted by atomic mass is 9.86. The molecule has 0 aliphatic carbocycles. The van der Waals surface area contributed by atoms with Gasteiger partial charge in [0.15, 0.2) is 0 Å². The summed E-state index contributed by atoms with van der Waals surface area (Å²) in [5.41, 5.74) is 11.5. The number of para-hydroxylation sites is 1. The third-order valence-corrected chi connectivity index (χ3v) is 6.62. The van der Waals surface area contributed by atoms with Crippen molar-refractivity contribution in [2.24, 2.45) is 0 Å². The monoisotopic (exact) mass is 545 g/mol. The van der Waals surface area contributed by atoms with E-state index >= 15 is 0 Å². The zero-order valence-electron chi connectivity index (χ0n) is 23.5. The molecule has 4 aromatic rings. The van der Waals surface area contributed by atoms with Crippen LogP contribution in [0.25, 0.3) is 22.3 Å². The van der Waals surface area contributed by atoms with E-state index in [9.17, 15) is 0 Å². The Balaban J connectivity index is 0.000000771. The van der Waals surface area contributed by atoms with Gasteiger partial charge < -0.3 is 5.32 Å². The Bertz CT molecular complexity index is 1380. The van der Waals surface area contributed by atoms with Gasteiger partial charge in [0.2, 0.25) is 0 Å². The summed E-state index contributed by atoms with van der Waals surface area (Å²) in [6.45, 7) is 13.8. The van der Waals surface area contributed by atoms with Crippen molar-refractivity contribution >= 4 is 21.8 Å². The molecule has 0 fully saturated rings. The van der Waals surface area contributed by atoms with Crippen LogP contribution in [-0.2, 0) is 10.4 Å². The third kappa shape index (κ3) is 8.27. The highest BCUT2D eigenvalue weighted by Crippen LogP contribution is 2.43. The molecule has 0 saturated heterocycles. The summed E-state index contributed by atoms with van der Waals surface area (Å²) < 4.78 is 31.6. The van der Waals surface area contributed by atoms with E-state index in [-0.39, 0.29) is 0 Å². The van der Waals surface area contributed by atoms with Gasteiger partial charge in [-0.25, -0.2) is 0 Å². The van der Waals surface area contributed by atoms with Crippen LogP contribution in [0.5, 0.6) is 0 Å². The van der Waals surface area contributed by atoms with E-state index in [0.717, 1.165) is 0 Å². The first-order valence-corrected chi connectivity index (χ1v) is 14.6. The molecule has 3 N–H and O–H groups in total. The van der Waals surface area contributed by atoms with Gasteiger partial charge in [-0.2, -0.15) is 8.42 Å². The van der Waals surface area contributed by atoms with Crippen molar-refractivity contribution in [3.8, 4) is 22.3 Å². The van der Waals surface area contributed by atoms with Crippen LogP contribution < -0.4 is 5.32 Å². The van der Waals surface area contributed by atoms with Crippen LogP contribution in [0.4, 0.5) is 11.4 Å². The van der Waals surface area contributed by atoms with Crippen molar-refractivity contribution in [2.75, 3.05) is 5.32 Å². The molecule has 0 spiro atoms. The predicted octanol–water partition coefficient (Wildman–Crippen LogP) is 9.48. The number of rotatable bonds is 7. The molecule has 0 aliphatic heterocycles. The Morgan fingerprint density at radius 2 is 0.949 bits per heavy atom. The topological polar surface area (TPSA) is 86.6 Å². The normalized spacial score (nSPS) is 11.5. The summed E-state index contributed by atoms with van der Waals surface area (Å²) >= 11 is 0. The molecule has 6 heteroatoms. The second-order valence-corrected chi connectivity index (χ2v) is 11.5. The molecule has 0 heterocycles. The Morgan fingerprint density at radius 3 is 1.28 bits per heavy atom. The molecule has 4 rings (SSSR count). The van der Waals surface area contributed by atoms with Gasteiger partial charge in [-0.05, 0) is 45.6 Å². The van der Waals surface area contributed by atoms with E-state index in [0.29, 0.717) is 17.8 Å². The Hall–Kier alpha value is -3.45. The van der Waals surface area contributed by atoms with Crippen molar-refractivity contribution in [1.29, 1.82) is 0 Å². The Morgan fingerprint density at radius 1 is 0.564 bits per heavy atom. The predicted molar refractivity (Wildman–Crippen MR) is 163 cm³/mol. The molecule has 39 heavy (non-hydrogen) atoms. The fraction of sp³-hybridized carbons (Fsp3) is 0.273. The largest absolute Gasteiger partial charge is 0.394 e. The molecule has 0 bridgehead atoms. The maximum absolute atomic E-state index is 8.74. The van der Waals surface area contributed by atoms with Gasteiger partial charge in [-0.3, -0.25) is 9.11 Å². The van der Waals surface area contributed by atoms with Gasteiger partial charge in [0.05, 0.1) is 5.69 Å². The lowest BCUT2D eigenvalue weighted by Gasteiger charge is -2.26. The average molecular weight is 546 g/mol. The average Bonchev–Trinajstić information content (AvgIpc) is 2.88. The van der Waals surface area contributed by atoms with Crippen LogP contribution in [0.15, 0.2) is 91.0 Å². The second kappa shape index (κ2) is 13.1. The Kier molecular flexibility index (Phi) is 10.1. The van der Waals surface area contributed by atoms with Gasteiger partial charge >= 0.3 is 10.4 Å². The van der Waals surface area contributed by atoms with Crippen LogP contribution in [0.2, 0.25) is 0 Å². The SMILES string of the molecule is CC(C)c1cc(C(C)C)c(Nc2c(-c3ccccc3)cccc2-c2ccccc2)c(C(C)C)c1.O=S(=O)(O)O. The summed E-state index contributed by atoms with van der Waals surface area (Å²) in [5, 5.41) is 4.00. The maximum atomic E-state index is 8.74. The van der Waals surface area contributed by atoms with E-state index in [4.69, 9.17) is 17.5 Å². The fourth-order valence-electron chi connectivity index (χ4n) is 4.63. The second-order valence-electron chi connectivity index (χ2n) is 10.6. The zero-order valence-corrected chi connectivity index (χ0v) is 24.3. The number of anilines is 2. The molecule has 0 amide bonds. The highest BCUT2D eigenvalue weighted by atomic mass is 32.3. The third-order valence-electron chi connectivity index (χ3n) is 6.62. The summed E-state index contributed by atoms with van der Waals surface area (Å²) in [4.78, 5) is 0. The Labute approximate surface area is 233 Å². The first kappa shape index (κ1) is 30.1. The van der Waals surface area contributed by atoms with Crippen molar-refractivity contribution in [3.05, 3.63) is 108 Å². The molecule has 4 aromatic carbocycles. The quantitative estimate of drug-likeness (QED) is 0.201. The molecule has 0 aliphatic rings. The van der Waals surface area contributed by atoms with Crippen molar-refractivity contribution in [1.82, 2.24) is 0 Å². The minimum Gasteiger partial charge on any atom is -0.354 e. The molecule has 206 valence electrons. The molecule has 0 aromatic heterocycles. The van der Waals surface area contributed by atoms with Gasteiger partial charge in [-0.15, -0.1) is 0 Å². The molecule has 0 unspecified atom stereocenters. The molecule has 0 atom stereocenters. The minimum atomic E-state index is -4.67.